The molecule has 0 heterocycles. The lowest BCUT2D eigenvalue weighted by Crippen LogP contribution is -2.76. The monoisotopic (exact) mass is 446 g/mol. The lowest BCUT2D eigenvalue weighted by atomic mass is 9.43. The first kappa shape index (κ1) is 24.2. The molecule has 0 aliphatic heterocycles. The van der Waals surface area contributed by atoms with Crippen molar-refractivity contribution in [3.63, 3.8) is 0 Å². The van der Waals surface area contributed by atoms with E-state index in [1.807, 2.05) is 0 Å². The summed E-state index contributed by atoms with van der Waals surface area (Å²) in [5.41, 5.74) is -1.95. The van der Waals surface area contributed by atoms with Gasteiger partial charge in [0.25, 0.3) is 0 Å². The Morgan fingerprint density at radius 3 is 1.25 bits per heavy atom. The number of benzene rings is 2. The maximum Gasteiger partial charge on any atom is 0.721 e. The fourth-order valence-electron chi connectivity index (χ4n) is 5.14. The zero-order valence-corrected chi connectivity index (χ0v) is 18.3. The first-order valence-electron chi connectivity index (χ1n) is 10.1. The molecule has 0 saturated heterocycles. The van der Waals surface area contributed by atoms with Gasteiger partial charge in [-0.15, -0.1) is 0 Å². The summed E-state index contributed by atoms with van der Waals surface area (Å²) >= 11 is 0. The first-order chi connectivity index (χ1) is 15.3. The summed E-state index contributed by atoms with van der Waals surface area (Å²) in [6, 6.07) is 16.8. The van der Waals surface area contributed by atoms with Crippen LogP contribution in [0.1, 0.15) is 25.0 Å². The van der Waals surface area contributed by atoms with Gasteiger partial charge >= 0.3 is 14.9 Å². The van der Waals surface area contributed by atoms with Crippen molar-refractivity contribution in [3.05, 3.63) is 71.8 Å². The largest absolute Gasteiger partial charge is 0.721 e. The van der Waals surface area contributed by atoms with Gasteiger partial charge < -0.3 is 9.31 Å². The van der Waals surface area contributed by atoms with Crippen molar-refractivity contribution >= 4 is 26.4 Å². The molecule has 0 unspecified atom stereocenters. The lowest BCUT2D eigenvalue weighted by Gasteiger charge is -2.67. The van der Waals surface area contributed by atoms with E-state index in [0.29, 0.717) is 22.6 Å². The minimum Gasteiger partial charge on any atom is -0.368 e. The van der Waals surface area contributed by atoms with Crippen LogP contribution in [0.15, 0.2) is 70.6 Å². The van der Waals surface area contributed by atoms with E-state index in [-0.39, 0.29) is 0 Å². The summed E-state index contributed by atoms with van der Waals surface area (Å²) in [6.07, 6.45) is 0. The van der Waals surface area contributed by atoms with Gasteiger partial charge in [0.2, 0.25) is 0 Å². The average molecular weight is 446 g/mol. The molecule has 0 N–H and O–H groups in total. The number of hydrogen-bond acceptors (Lipinski definition) is 4. The van der Waals surface area contributed by atoms with Gasteiger partial charge in [-0.1, -0.05) is 60.7 Å². The summed E-state index contributed by atoms with van der Waals surface area (Å²) in [6.45, 7) is 3.22. The fourth-order valence-corrected chi connectivity index (χ4v) is 5.14. The molecule has 168 valence electrons. The molecule has 0 radical (unpaired) electrons. The van der Waals surface area contributed by atoms with Crippen molar-refractivity contribution < 1.29 is 26.6 Å². The molecular formula is C22H24B2F4N2O2. The molecule has 1 aliphatic rings. The molecule has 2 aromatic carbocycles. The summed E-state index contributed by atoms with van der Waals surface area (Å²) < 4.78 is 66.5. The summed E-state index contributed by atoms with van der Waals surface area (Å²) in [4.78, 5) is 8.43. The van der Waals surface area contributed by atoms with Crippen LogP contribution in [0.2, 0.25) is 0 Å². The maximum atomic E-state index is 13.9. The smallest absolute Gasteiger partial charge is 0.368 e. The maximum absolute atomic E-state index is 13.9. The second kappa shape index (κ2) is 9.58. The molecule has 0 atom stereocenters. The van der Waals surface area contributed by atoms with E-state index in [1.54, 1.807) is 74.5 Å². The van der Waals surface area contributed by atoms with Crippen LogP contribution in [-0.4, -0.2) is 40.5 Å². The van der Waals surface area contributed by atoms with Gasteiger partial charge in [-0.3, -0.25) is 27.2 Å². The van der Waals surface area contributed by atoms with Crippen molar-refractivity contribution in [1.82, 2.24) is 0 Å². The van der Waals surface area contributed by atoms with Crippen LogP contribution in [0.25, 0.3) is 0 Å². The second-order valence-corrected chi connectivity index (χ2v) is 7.67. The van der Waals surface area contributed by atoms with Gasteiger partial charge in [0.1, 0.15) is 11.2 Å². The van der Waals surface area contributed by atoms with Crippen molar-refractivity contribution in [2.75, 3.05) is 14.1 Å². The SMILES string of the molecule is CN=C(C)C1C(OB(F)F)(c2ccccc2)C(C(C)=NC)C1(OB(F)F)c1ccccc1. The van der Waals surface area contributed by atoms with Gasteiger partial charge in [-0.2, -0.15) is 0 Å². The number of aliphatic imine (C=N–C) groups is 2. The Hall–Kier alpha value is -2.45. The third kappa shape index (κ3) is 3.79. The van der Waals surface area contributed by atoms with Crippen LogP contribution in [0.5, 0.6) is 0 Å². The number of rotatable bonds is 8. The summed E-state index contributed by atoms with van der Waals surface area (Å²) in [5, 5.41) is 0. The van der Waals surface area contributed by atoms with Crippen LogP contribution in [0.3, 0.4) is 0 Å². The third-order valence-electron chi connectivity index (χ3n) is 6.27. The molecule has 0 spiro atoms. The van der Waals surface area contributed by atoms with E-state index in [9.17, 15) is 17.3 Å². The highest BCUT2D eigenvalue weighted by atomic mass is 19.2. The van der Waals surface area contributed by atoms with Crippen molar-refractivity contribution in [1.29, 1.82) is 0 Å². The predicted molar refractivity (Wildman–Crippen MR) is 119 cm³/mol. The average Bonchev–Trinajstić information content (AvgIpc) is 2.78. The third-order valence-corrected chi connectivity index (χ3v) is 6.27. The topological polar surface area (TPSA) is 43.2 Å². The minimum atomic E-state index is -3.17. The molecule has 0 amide bonds. The molecule has 10 heteroatoms. The van der Waals surface area contributed by atoms with Gasteiger partial charge in [-0.05, 0) is 25.0 Å². The Bertz CT molecular complexity index is 887. The highest BCUT2D eigenvalue weighted by Gasteiger charge is 2.77. The molecule has 32 heavy (non-hydrogen) atoms. The molecule has 1 saturated carbocycles. The first-order valence-corrected chi connectivity index (χ1v) is 10.1. The van der Waals surface area contributed by atoms with E-state index in [1.165, 1.54) is 14.1 Å². The molecule has 2 aromatic rings. The van der Waals surface area contributed by atoms with E-state index in [2.05, 4.69) is 9.98 Å². The molecule has 1 fully saturated rings. The molecule has 3 rings (SSSR count). The standard InChI is InChI=1S/C22H24B2F4N2O2/c1-15(29-3)19-21(31-23(25)26,17-11-7-5-8-12-17)20(16(2)30-4)22(19,32-24(27)28)18-13-9-6-10-14-18/h5-14,19-20H,1-4H3. The highest BCUT2D eigenvalue weighted by molar-refractivity contribution is 6.35. The van der Waals surface area contributed by atoms with E-state index >= 15 is 0 Å². The zero-order chi connectivity index (χ0) is 23.5. The quantitative estimate of drug-likeness (QED) is 0.323. The normalized spacial score (nSPS) is 28.2. The number of hydrogen-bond donors (Lipinski definition) is 0. The predicted octanol–water partition coefficient (Wildman–Crippen LogP) is 5.09. The zero-order valence-electron chi connectivity index (χ0n) is 18.3. The molecule has 0 aromatic heterocycles. The summed E-state index contributed by atoms with van der Waals surface area (Å²) in [5.74, 6) is -2.15. The Balaban J connectivity index is 2.43. The molecular weight excluding hydrogens is 422 g/mol. The molecule has 0 bridgehead atoms. The number of nitrogens with zero attached hydrogens (tertiary/aromatic N) is 2. The van der Waals surface area contributed by atoms with Gasteiger partial charge in [0, 0.05) is 25.5 Å². The van der Waals surface area contributed by atoms with Crippen LogP contribution in [-0.2, 0) is 20.5 Å². The Labute approximate surface area is 186 Å². The Morgan fingerprint density at radius 2 is 1.00 bits per heavy atom. The van der Waals surface area contributed by atoms with Crippen molar-refractivity contribution in [3.8, 4) is 0 Å². The van der Waals surface area contributed by atoms with E-state index in [4.69, 9.17) is 9.31 Å². The van der Waals surface area contributed by atoms with Gasteiger partial charge in [0.05, 0.1) is 11.8 Å². The van der Waals surface area contributed by atoms with Crippen LogP contribution >= 0.6 is 0 Å². The van der Waals surface area contributed by atoms with Gasteiger partial charge in [-0.25, -0.2) is 0 Å². The van der Waals surface area contributed by atoms with Crippen LogP contribution in [0.4, 0.5) is 17.3 Å². The van der Waals surface area contributed by atoms with Crippen molar-refractivity contribution in [2.45, 2.75) is 25.0 Å². The molecule has 1 aliphatic carbocycles. The number of halogens is 4. The second-order valence-electron chi connectivity index (χ2n) is 7.67. The lowest BCUT2D eigenvalue weighted by molar-refractivity contribution is -0.244. The summed E-state index contributed by atoms with van der Waals surface area (Å²) in [7, 11) is -3.37. The Morgan fingerprint density at radius 1 is 0.688 bits per heavy atom. The highest BCUT2D eigenvalue weighted by Crippen LogP contribution is 2.67. The van der Waals surface area contributed by atoms with Crippen molar-refractivity contribution in [2.24, 2.45) is 21.8 Å². The van der Waals surface area contributed by atoms with E-state index in [0.717, 1.165) is 0 Å². The Kier molecular flexibility index (Phi) is 7.25. The fraction of sp³-hybridized carbons (Fsp3) is 0.364. The van der Waals surface area contributed by atoms with Gasteiger partial charge in [0.15, 0.2) is 0 Å². The van der Waals surface area contributed by atoms with Crippen LogP contribution < -0.4 is 0 Å². The van der Waals surface area contributed by atoms with E-state index < -0.39 is 38.0 Å². The van der Waals surface area contributed by atoms with Crippen LogP contribution in [0, 0.1) is 11.8 Å². The molecule has 4 nitrogen and oxygen atoms in total. The minimum absolute atomic E-state index is 0.346.